The summed E-state index contributed by atoms with van der Waals surface area (Å²) in [6.45, 7) is 0. The van der Waals surface area contributed by atoms with E-state index in [-0.39, 0.29) is 6.29 Å². The lowest BCUT2D eigenvalue weighted by Gasteiger charge is -2.11. The highest BCUT2D eigenvalue weighted by Gasteiger charge is 1.99. The van der Waals surface area contributed by atoms with Crippen LogP contribution in [0.3, 0.4) is 0 Å². The minimum absolute atomic E-state index is 0.181. The molecule has 1 heterocycles. The average molecular weight is 112 g/mol. The molecule has 0 fully saturated rings. The highest BCUT2D eigenvalue weighted by molar-refractivity contribution is 5.05. The van der Waals surface area contributed by atoms with Gasteiger partial charge in [0, 0.05) is 7.11 Å². The maximum atomic E-state index is 4.94. The molecule has 0 aliphatic carbocycles. The predicted molar refractivity (Wildman–Crippen MR) is 30.2 cm³/mol. The molecule has 1 atom stereocenters. The number of rotatable bonds is 1. The molecule has 1 aliphatic rings. The van der Waals surface area contributed by atoms with Crippen molar-refractivity contribution in [2.24, 2.45) is 0 Å². The van der Waals surface area contributed by atoms with E-state index in [9.17, 15) is 0 Å². The van der Waals surface area contributed by atoms with Crippen molar-refractivity contribution in [2.45, 2.75) is 6.29 Å². The molecule has 1 unspecified atom stereocenters. The Balaban J connectivity index is 2.40. The van der Waals surface area contributed by atoms with E-state index in [1.165, 1.54) is 0 Å². The molecule has 8 heavy (non-hydrogen) atoms. The molecule has 0 aromatic heterocycles. The van der Waals surface area contributed by atoms with Crippen LogP contribution in [0.25, 0.3) is 0 Å². The molecular weight excluding hydrogens is 104 g/mol. The predicted octanol–water partition coefficient (Wildman–Crippen LogP) is 1.06. The maximum absolute atomic E-state index is 4.94. The minimum Gasteiger partial charge on any atom is -0.469 e. The van der Waals surface area contributed by atoms with Crippen LogP contribution in [0.15, 0.2) is 24.5 Å². The highest BCUT2D eigenvalue weighted by Crippen LogP contribution is 2.00. The molecule has 0 radical (unpaired) electrons. The molecule has 44 valence electrons. The maximum Gasteiger partial charge on any atom is 0.218 e. The van der Waals surface area contributed by atoms with Gasteiger partial charge in [0.2, 0.25) is 6.29 Å². The van der Waals surface area contributed by atoms with Gasteiger partial charge in [0.05, 0.1) is 6.26 Å². The fraction of sp³-hybridized carbons (Fsp3) is 0.333. The van der Waals surface area contributed by atoms with Crippen molar-refractivity contribution in [3.8, 4) is 0 Å². The van der Waals surface area contributed by atoms with E-state index in [2.05, 4.69) is 0 Å². The van der Waals surface area contributed by atoms with E-state index in [1.807, 2.05) is 18.2 Å². The number of ether oxygens (including phenoxy) is 2. The third-order valence-electron chi connectivity index (χ3n) is 0.903. The Labute approximate surface area is 48.4 Å². The molecule has 2 nitrogen and oxygen atoms in total. The summed E-state index contributed by atoms with van der Waals surface area (Å²) in [5, 5.41) is 0. The van der Waals surface area contributed by atoms with Gasteiger partial charge in [0.1, 0.15) is 0 Å². The molecule has 0 saturated heterocycles. The first-order valence-corrected chi connectivity index (χ1v) is 2.45. The lowest BCUT2D eigenvalue weighted by molar-refractivity contribution is -0.0477. The normalized spacial score (nSPS) is 25.4. The van der Waals surface area contributed by atoms with E-state index in [4.69, 9.17) is 9.47 Å². The van der Waals surface area contributed by atoms with Gasteiger partial charge in [-0.05, 0) is 12.2 Å². The zero-order valence-corrected chi connectivity index (χ0v) is 4.70. The van der Waals surface area contributed by atoms with Crippen molar-refractivity contribution in [1.29, 1.82) is 0 Å². The summed E-state index contributed by atoms with van der Waals surface area (Å²) < 4.78 is 9.77. The van der Waals surface area contributed by atoms with Gasteiger partial charge < -0.3 is 9.47 Å². The SMILES string of the molecule is COC1C=CC=CO1. The molecule has 0 aromatic rings. The number of hydrogen-bond donors (Lipinski definition) is 0. The molecule has 0 saturated carbocycles. The van der Waals surface area contributed by atoms with E-state index >= 15 is 0 Å². The van der Waals surface area contributed by atoms with Crippen molar-refractivity contribution in [1.82, 2.24) is 0 Å². The van der Waals surface area contributed by atoms with Crippen LogP contribution in [-0.4, -0.2) is 13.4 Å². The molecule has 1 rings (SSSR count). The Morgan fingerprint density at radius 3 is 2.75 bits per heavy atom. The third-order valence-corrected chi connectivity index (χ3v) is 0.903. The van der Waals surface area contributed by atoms with Gasteiger partial charge in [-0.25, -0.2) is 0 Å². The monoisotopic (exact) mass is 112 g/mol. The Kier molecular flexibility index (Phi) is 1.70. The standard InChI is InChI=1S/C6H8O2/c1-7-6-4-2-3-5-8-6/h2-6H,1H3. The molecule has 0 amide bonds. The van der Waals surface area contributed by atoms with Crippen LogP contribution >= 0.6 is 0 Å². The Bertz CT molecular complexity index is 116. The minimum atomic E-state index is -0.181. The molecule has 0 aromatic carbocycles. The Hall–Kier alpha value is -0.760. The topological polar surface area (TPSA) is 18.5 Å². The van der Waals surface area contributed by atoms with E-state index in [0.29, 0.717) is 0 Å². The van der Waals surface area contributed by atoms with Gasteiger partial charge in [-0.3, -0.25) is 0 Å². The second-order valence-corrected chi connectivity index (χ2v) is 1.45. The van der Waals surface area contributed by atoms with Gasteiger partial charge in [0.15, 0.2) is 0 Å². The molecular formula is C6H8O2. The summed E-state index contributed by atoms with van der Waals surface area (Å²) in [4.78, 5) is 0. The quantitative estimate of drug-likeness (QED) is 0.505. The fourth-order valence-corrected chi connectivity index (χ4v) is 0.503. The average Bonchev–Trinajstić information content (AvgIpc) is 1.90. The molecule has 2 heteroatoms. The summed E-state index contributed by atoms with van der Waals surface area (Å²) in [6.07, 6.45) is 6.96. The summed E-state index contributed by atoms with van der Waals surface area (Å²) in [7, 11) is 1.61. The number of allylic oxidation sites excluding steroid dienone is 2. The van der Waals surface area contributed by atoms with Crippen LogP contribution in [-0.2, 0) is 9.47 Å². The van der Waals surface area contributed by atoms with E-state index < -0.39 is 0 Å². The second kappa shape index (κ2) is 2.52. The van der Waals surface area contributed by atoms with Crippen LogP contribution in [0, 0.1) is 0 Å². The van der Waals surface area contributed by atoms with Gasteiger partial charge in [-0.15, -0.1) is 0 Å². The molecule has 0 N–H and O–H groups in total. The fourth-order valence-electron chi connectivity index (χ4n) is 0.503. The third kappa shape index (κ3) is 1.10. The van der Waals surface area contributed by atoms with Gasteiger partial charge in [-0.1, -0.05) is 6.08 Å². The highest BCUT2D eigenvalue weighted by atomic mass is 16.7. The summed E-state index contributed by atoms with van der Waals surface area (Å²) >= 11 is 0. The van der Waals surface area contributed by atoms with Crippen molar-refractivity contribution in [3.63, 3.8) is 0 Å². The van der Waals surface area contributed by atoms with Crippen LogP contribution < -0.4 is 0 Å². The lowest BCUT2D eigenvalue weighted by atomic mass is 10.4. The zero-order valence-electron chi connectivity index (χ0n) is 4.70. The van der Waals surface area contributed by atoms with Crippen molar-refractivity contribution in [2.75, 3.05) is 7.11 Å². The van der Waals surface area contributed by atoms with Crippen molar-refractivity contribution >= 4 is 0 Å². The molecule has 0 bridgehead atoms. The summed E-state index contributed by atoms with van der Waals surface area (Å²) in [5.41, 5.74) is 0. The largest absolute Gasteiger partial charge is 0.469 e. The van der Waals surface area contributed by atoms with Gasteiger partial charge in [0.25, 0.3) is 0 Å². The smallest absolute Gasteiger partial charge is 0.218 e. The summed E-state index contributed by atoms with van der Waals surface area (Å²) in [6, 6.07) is 0. The summed E-state index contributed by atoms with van der Waals surface area (Å²) in [5.74, 6) is 0. The first-order chi connectivity index (χ1) is 3.93. The van der Waals surface area contributed by atoms with Crippen molar-refractivity contribution in [3.05, 3.63) is 24.5 Å². The molecule has 1 aliphatic heterocycles. The van der Waals surface area contributed by atoms with Crippen LogP contribution in [0.4, 0.5) is 0 Å². The van der Waals surface area contributed by atoms with E-state index in [0.717, 1.165) is 0 Å². The Morgan fingerprint density at radius 2 is 2.38 bits per heavy atom. The van der Waals surface area contributed by atoms with Crippen LogP contribution in [0.1, 0.15) is 0 Å². The zero-order chi connectivity index (χ0) is 5.82. The van der Waals surface area contributed by atoms with Crippen LogP contribution in [0.2, 0.25) is 0 Å². The second-order valence-electron chi connectivity index (χ2n) is 1.45. The first-order valence-electron chi connectivity index (χ1n) is 2.45. The Morgan fingerprint density at radius 1 is 1.50 bits per heavy atom. The van der Waals surface area contributed by atoms with Gasteiger partial charge >= 0.3 is 0 Å². The first kappa shape index (κ1) is 5.38. The van der Waals surface area contributed by atoms with Gasteiger partial charge in [-0.2, -0.15) is 0 Å². The lowest BCUT2D eigenvalue weighted by Crippen LogP contribution is -2.09. The van der Waals surface area contributed by atoms with Crippen molar-refractivity contribution < 1.29 is 9.47 Å². The van der Waals surface area contributed by atoms with E-state index in [1.54, 1.807) is 13.4 Å². The number of methoxy groups -OCH3 is 1. The number of hydrogen-bond acceptors (Lipinski definition) is 2. The molecule has 0 spiro atoms. The van der Waals surface area contributed by atoms with Crippen LogP contribution in [0.5, 0.6) is 0 Å².